The van der Waals surface area contributed by atoms with Gasteiger partial charge in [0.15, 0.2) is 0 Å². The van der Waals surface area contributed by atoms with Gasteiger partial charge in [0.1, 0.15) is 0 Å². The number of aromatic nitrogens is 3. The minimum Gasteiger partial charge on any atom is -0.336 e. The second-order valence-electron chi connectivity index (χ2n) is 8.68. The molecule has 4 nitrogen and oxygen atoms in total. The van der Waals surface area contributed by atoms with Gasteiger partial charge in [-0.05, 0) is 47.0 Å². The topological polar surface area (TPSA) is 34.8 Å². The van der Waals surface area contributed by atoms with Crippen LogP contribution in [-0.4, -0.2) is 14.1 Å². The number of nitrogens with zero attached hydrogens (tertiary/aromatic N) is 3. The number of rotatable bonds is 7. The van der Waals surface area contributed by atoms with Crippen LogP contribution in [0.2, 0.25) is 0 Å². The maximum absolute atomic E-state index is 4.15. The molecule has 0 spiro atoms. The van der Waals surface area contributed by atoms with Gasteiger partial charge >= 0.3 is 0 Å². The Morgan fingerprint density at radius 1 is 0.647 bits per heavy atom. The quantitative estimate of drug-likeness (QED) is 0.314. The molecule has 166 valence electrons. The lowest BCUT2D eigenvalue weighted by Gasteiger charge is -2.09. The number of hydrogen-bond donors (Lipinski definition) is 1. The predicted molar refractivity (Wildman–Crippen MR) is 139 cm³/mol. The molecule has 2 aromatic heterocycles. The molecule has 0 bridgehead atoms. The molecule has 0 atom stereocenters. The molecule has 0 fully saturated rings. The van der Waals surface area contributed by atoms with Gasteiger partial charge in [0.05, 0.1) is 6.33 Å². The fourth-order valence-corrected chi connectivity index (χ4v) is 4.74. The third-order valence-electron chi connectivity index (χ3n) is 6.39. The zero-order valence-electron chi connectivity index (χ0n) is 18.9. The highest BCUT2D eigenvalue weighted by atomic mass is 15.0. The SMILES string of the molecule is c1ccc(Cn2c3ccccc3c3cc(CNCc4cccc(-n5ccnc5)c4)ccc32)cc1. The van der Waals surface area contributed by atoms with Gasteiger partial charge in [-0.3, -0.25) is 0 Å². The first-order chi connectivity index (χ1) is 16.8. The van der Waals surface area contributed by atoms with E-state index in [0.29, 0.717) is 0 Å². The van der Waals surface area contributed by atoms with Crippen LogP contribution >= 0.6 is 0 Å². The van der Waals surface area contributed by atoms with Crippen molar-refractivity contribution >= 4 is 21.8 Å². The molecule has 34 heavy (non-hydrogen) atoms. The number of hydrogen-bond acceptors (Lipinski definition) is 2. The summed E-state index contributed by atoms with van der Waals surface area (Å²) in [5.41, 5.74) is 7.55. The molecule has 0 saturated heterocycles. The minimum atomic E-state index is 0.816. The molecule has 0 unspecified atom stereocenters. The van der Waals surface area contributed by atoms with E-state index in [0.717, 1.165) is 25.3 Å². The Hall–Kier alpha value is -4.15. The van der Waals surface area contributed by atoms with Crippen molar-refractivity contribution in [1.29, 1.82) is 0 Å². The van der Waals surface area contributed by atoms with E-state index in [9.17, 15) is 0 Å². The summed E-state index contributed by atoms with van der Waals surface area (Å²) in [6.45, 7) is 2.51. The normalized spacial score (nSPS) is 11.4. The first-order valence-electron chi connectivity index (χ1n) is 11.7. The molecule has 0 aliphatic heterocycles. The average molecular weight is 443 g/mol. The van der Waals surface area contributed by atoms with Gasteiger partial charge in [-0.15, -0.1) is 0 Å². The van der Waals surface area contributed by atoms with Crippen LogP contribution in [0.1, 0.15) is 16.7 Å². The lowest BCUT2D eigenvalue weighted by atomic mass is 10.1. The standard InChI is InChI=1S/C30H26N4/c1-2-7-23(8-3-1)21-34-29-12-5-4-11-27(29)28-18-25(13-14-30(28)34)20-32-19-24-9-6-10-26(17-24)33-16-15-31-22-33/h1-18,22,32H,19-21H2. The molecule has 1 N–H and O–H groups in total. The predicted octanol–water partition coefficient (Wildman–Crippen LogP) is 6.32. The molecule has 0 amide bonds. The Balaban J connectivity index is 1.24. The maximum Gasteiger partial charge on any atom is 0.0991 e. The number of fused-ring (bicyclic) bond motifs is 3. The summed E-state index contributed by atoms with van der Waals surface area (Å²) in [5, 5.41) is 6.24. The number of para-hydroxylation sites is 1. The third kappa shape index (κ3) is 4.00. The average Bonchev–Trinajstić information content (AvgIpc) is 3.53. The van der Waals surface area contributed by atoms with Crippen molar-refractivity contribution in [2.24, 2.45) is 0 Å². The van der Waals surface area contributed by atoms with E-state index in [1.54, 1.807) is 6.20 Å². The van der Waals surface area contributed by atoms with Crippen molar-refractivity contribution in [2.45, 2.75) is 19.6 Å². The van der Waals surface area contributed by atoms with Gasteiger partial charge in [0.25, 0.3) is 0 Å². The van der Waals surface area contributed by atoms with Gasteiger partial charge in [0.2, 0.25) is 0 Å². The second kappa shape index (κ2) is 9.00. The van der Waals surface area contributed by atoms with Gasteiger partial charge in [-0.1, -0.05) is 66.7 Å². The third-order valence-corrected chi connectivity index (χ3v) is 6.39. The Labute approximate surface area is 199 Å². The smallest absolute Gasteiger partial charge is 0.0991 e. The molecule has 0 radical (unpaired) electrons. The van der Waals surface area contributed by atoms with Crippen molar-refractivity contribution in [3.05, 3.63) is 132 Å². The van der Waals surface area contributed by atoms with E-state index >= 15 is 0 Å². The summed E-state index contributed by atoms with van der Waals surface area (Å²) in [4.78, 5) is 4.15. The van der Waals surface area contributed by atoms with Gasteiger partial charge in [-0.25, -0.2) is 4.98 Å². The van der Waals surface area contributed by atoms with Crippen molar-refractivity contribution in [1.82, 2.24) is 19.4 Å². The molecule has 2 heterocycles. The highest BCUT2D eigenvalue weighted by molar-refractivity contribution is 6.08. The minimum absolute atomic E-state index is 0.816. The molecule has 0 saturated carbocycles. The second-order valence-corrected chi connectivity index (χ2v) is 8.68. The first kappa shape index (κ1) is 20.5. The van der Waals surface area contributed by atoms with E-state index in [1.807, 2.05) is 17.1 Å². The van der Waals surface area contributed by atoms with E-state index in [2.05, 4.69) is 112 Å². The molecule has 6 rings (SSSR count). The zero-order valence-corrected chi connectivity index (χ0v) is 18.9. The summed E-state index contributed by atoms with van der Waals surface area (Å²) < 4.78 is 4.46. The van der Waals surface area contributed by atoms with E-state index in [4.69, 9.17) is 0 Å². The van der Waals surface area contributed by atoms with Gasteiger partial charge < -0.3 is 14.5 Å². The van der Waals surface area contributed by atoms with E-state index in [1.165, 1.54) is 38.5 Å². The summed E-state index contributed by atoms with van der Waals surface area (Å²) in [6, 6.07) is 34.8. The zero-order chi connectivity index (χ0) is 22.7. The molecule has 4 heteroatoms. The highest BCUT2D eigenvalue weighted by Crippen LogP contribution is 2.30. The number of benzene rings is 4. The lowest BCUT2D eigenvalue weighted by Crippen LogP contribution is -2.12. The summed E-state index contributed by atoms with van der Waals surface area (Å²) in [6.07, 6.45) is 5.60. The molecule has 0 aliphatic carbocycles. The van der Waals surface area contributed by atoms with E-state index < -0.39 is 0 Å². The molecule has 4 aromatic carbocycles. The monoisotopic (exact) mass is 442 g/mol. The van der Waals surface area contributed by atoms with Crippen LogP contribution in [0, 0.1) is 0 Å². The van der Waals surface area contributed by atoms with Gasteiger partial charge in [0, 0.05) is 59.5 Å². The molecular weight excluding hydrogens is 416 g/mol. The highest BCUT2D eigenvalue weighted by Gasteiger charge is 2.11. The fraction of sp³-hybridized carbons (Fsp3) is 0.100. The largest absolute Gasteiger partial charge is 0.336 e. The molecular formula is C30H26N4. The summed E-state index contributed by atoms with van der Waals surface area (Å²) in [5.74, 6) is 0. The summed E-state index contributed by atoms with van der Waals surface area (Å²) >= 11 is 0. The van der Waals surface area contributed by atoms with Crippen LogP contribution < -0.4 is 5.32 Å². The Kier molecular flexibility index (Phi) is 5.42. The lowest BCUT2D eigenvalue weighted by molar-refractivity contribution is 0.693. The first-order valence-corrected chi connectivity index (χ1v) is 11.7. The van der Waals surface area contributed by atoms with Crippen LogP contribution in [-0.2, 0) is 19.6 Å². The fourth-order valence-electron chi connectivity index (χ4n) is 4.74. The number of imidazole rings is 1. The van der Waals surface area contributed by atoms with E-state index in [-0.39, 0.29) is 0 Å². The van der Waals surface area contributed by atoms with Crippen LogP contribution in [0.15, 0.2) is 116 Å². The van der Waals surface area contributed by atoms with Crippen LogP contribution in [0.4, 0.5) is 0 Å². The summed E-state index contributed by atoms with van der Waals surface area (Å²) in [7, 11) is 0. The van der Waals surface area contributed by atoms with Crippen LogP contribution in [0.5, 0.6) is 0 Å². The Morgan fingerprint density at radius 3 is 2.26 bits per heavy atom. The molecule has 6 aromatic rings. The Morgan fingerprint density at radius 2 is 1.41 bits per heavy atom. The van der Waals surface area contributed by atoms with Crippen LogP contribution in [0.3, 0.4) is 0 Å². The van der Waals surface area contributed by atoms with Crippen molar-refractivity contribution in [2.75, 3.05) is 0 Å². The van der Waals surface area contributed by atoms with Crippen molar-refractivity contribution < 1.29 is 0 Å². The van der Waals surface area contributed by atoms with Crippen molar-refractivity contribution in [3.63, 3.8) is 0 Å². The van der Waals surface area contributed by atoms with Crippen molar-refractivity contribution in [3.8, 4) is 5.69 Å². The van der Waals surface area contributed by atoms with Gasteiger partial charge in [-0.2, -0.15) is 0 Å². The number of nitrogens with one attached hydrogen (secondary N) is 1. The molecule has 0 aliphatic rings. The Bertz CT molecular complexity index is 1550. The van der Waals surface area contributed by atoms with Crippen LogP contribution in [0.25, 0.3) is 27.5 Å². The maximum atomic E-state index is 4.15.